The molecule has 1 fully saturated rings. The summed E-state index contributed by atoms with van der Waals surface area (Å²) in [5.74, 6) is -0.141. The normalized spacial score (nSPS) is 16.7. The number of halogens is 1. The van der Waals surface area contributed by atoms with Crippen molar-refractivity contribution in [2.75, 3.05) is 12.3 Å². The van der Waals surface area contributed by atoms with Crippen molar-refractivity contribution < 1.29 is 12.8 Å². The van der Waals surface area contributed by atoms with Crippen LogP contribution >= 0.6 is 0 Å². The van der Waals surface area contributed by atoms with Crippen molar-refractivity contribution in [2.45, 2.75) is 43.9 Å². The lowest BCUT2D eigenvalue weighted by Gasteiger charge is -2.12. The maximum atomic E-state index is 13.9. The second-order valence-electron chi connectivity index (χ2n) is 5.49. The molecule has 0 spiro atoms. The highest BCUT2D eigenvalue weighted by atomic mass is 32.2. The van der Waals surface area contributed by atoms with Crippen LogP contribution in [0.15, 0.2) is 17.0 Å². The summed E-state index contributed by atoms with van der Waals surface area (Å²) in [6, 6.07) is 2.59. The maximum Gasteiger partial charge on any atom is 0.243 e. The number of aryl methyl sites for hydroxylation is 1. The molecule has 0 atom stereocenters. The largest absolute Gasteiger partial charge is 0.399 e. The molecular formula is C14H21FN2O2S. The molecule has 0 unspecified atom stereocenters. The van der Waals surface area contributed by atoms with Crippen molar-refractivity contribution in [3.8, 4) is 0 Å². The van der Waals surface area contributed by atoms with Gasteiger partial charge in [-0.15, -0.1) is 0 Å². The van der Waals surface area contributed by atoms with Crippen molar-refractivity contribution in [1.29, 1.82) is 0 Å². The molecule has 3 N–H and O–H groups in total. The third-order valence-corrected chi connectivity index (χ3v) is 5.31. The van der Waals surface area contributed by atoms with Crippen LogP contribution in [0.25, 0.3) is 0 Å². The minimum Gasteiger partial charge on any atom is -0.399 e. The first-order valence-corrected chi connectivity index (χ1v) is 8.44. The van der Waals surface area contributed by atoms with Gasteiger partial charge in [-0.1, -0.05) is 25.7 Å². The summed E-state index contributed by atoms with van der Waals surface area (Å²) in [4.78, 5) is -0.360. The SMILES string of the molecule is Cc1cc(N)cc(S(=O)(=O)NCCC2CCCC2)c1F. The summed E-state index contributed by atoms with van der Waals surface area (Å²) < 4.78 is 40.7. The van der Waals surface area contributed by atoms with Gasteiger partial charge in [-0.3, -0.25) is 0 Å². The predicted molar refractivity (Wildman–Crippen MR) is 77.3 cm³/mol. The summed E-state index contributed by atoms with van der Waals surface area (Å²) >= 11 is 0. The number of benzene rings is 1. The van der Waals surface area contributed by atoms with Crippen LogP contribution in [-0.4, -0.2) is 15.0 Å². The van der Waals surface area contributed by atoms with Gasteiger partial charge in [0.15, 0.2) is 0 Å². The van der Waals surface area contributed by atoms with E-state index >= 15 is 0 Å². The summed E-state index contributed by atoms with van der Waals surface area (Å²) in [5.41, 5.74) is 6.08. The van der Waals surface area contributed by atoms with Gasteiger partial charge in [0.25, 0.3) is 0 Å². The third kappa shape index (κ3) is 3.49. The van der Waals surface area contributed by atoms with Crippen LogP contribution in [0, 0.1) is 18.7 Å². The molecule has 2 rings (SSSR count). The van der Waals surface area contributed by atoms with Crippen molar-refractivity contribution in [1.82, 2.24) is 4.72 Å². The van der Waals surface area contributed by atoms with Gasteiger partial charge in [-0.25, -0.2) is 17.5 Å². The van der Waals surface area contributed by atoms with E-state index in [9.17, 15) is 12.8 Å². The van der Waals surface area contributed by atoms with Gasteiger partial charge in [0.05, 0.1) is 0 Å². The van der Waals surface area contributed by atoms with E-state index in [1.807, 2.05) is 0 Å². The first-order valence-electron chi connectivity index (χ1n) is 6.95. The van der Waals surface area contributed by atoms with Crippen LogP contribution in [0.5, 0.6) is 0 Å². The Kier molecular flexibility index (Phi) is 4.65. The summed E-state index contributed by atoms with van der Waals surface area (Å²) in [5, 5.41) is 0. The number of rotatable bonds is 5. The molecule has 1 aromatic rings. The Morgan fingerprint density at radius 3 is 2.65 bits per heavy atom. The number of anilines is 1. The molecule has 0 aliphatic heterocycles. The lowest BCUT2D eigenvalue weighted by Crippen LogP contribution is -2.27. The molecule has 6 heteroatoms. The topological polar surface area (TPSA) is 72.2 Å². The van der Waals surface area contributed by atoms with Crippen molar-refractivity contribution >= 4 is 15.7 Å². The molecule has 0 amide bonds. The van der Waals surface area contributed by atoms with E-state index < -0.39 is 15.8 Å². The van der Waals surface area contributed by atoms with Crippen LogP contribution in [0.1, 0.15) is 37.7 Å². The second-order valence-corrected chi connectivity index (χ2v) is 7.22. The zero-order chi connectivity index (χ0) is 14.8. The first-order chi connectivity index (χ1) is 9.40. The number of nitrogen functional groups attached to an aromatic ring is 1. The minimum atomic E-state index is -3.83. The highest BCUT2D eigenvalue weighted by Crippen LogP contribution is 2.27. The average Bonchev–Trinajstić information content (AvgIpc) is 2.86. The smallest absolute Gasteiger partial charge is 0.243 e. The Bertz CT molecular complexity index is 581. The molecule has 0 saturated heterocycles. The highest BCUT2D eigenvalue weighted by molar-refractivity contribution is 7.89. The van der Waals surface area contributed by atoms with E-state index in [0.717, 1.165) is 19.3 Å². The Labute approximate surface area is 119 Å². The number of nitrogens with two attached hydrogens (primary N) is 1. The Hall–Kier alpha value is -1.14. The van der Waals surface area contributed by atoms with Crippen molar-refractivity contribution in [3.63, 3.8) is 0 Å². The number of sulfonamides is 1. The molecule has 0 radical (unpaired) electrons. The van der Waals surface area contributed by atoms with Crippen LogP contribution in [-0.2, 0) is 10.0 Å². The van der Waals surface area contributed by atoms with Crippen LogP contribution in [0.3, 0.4) is 0 Å². The molecule has 1 aliphatic carbocycles. The molecule has 0 aromatic heterocycles. The van der Waals surface area contributed by atoms with E-state index in [1.54, 1.807) is 0 Å². The van der Waals surface area contributed by atoms with E-state index in [-0.39, 0.29) is 16.1 Å². The first kappa shape index (κ1) is 15.3. The van der Waals surface area contributed by atoms with Gasteiger partial charge in [-0.2, -0.15) is 0 Å². The zero-order valence-electron chi connectivity index (χ0n) is 11.7. The molecule has 112 valence electrons. The molecule has 20 heavy (non-hydrogen) atoms. The number of hydrogen-bond acceptors (Lipinski definition) is 3. The van der Waals surface area contributed by atoms with Gasteiger partial charge in [0.2, 0.25) is 10.0 Å². The molecule has 1 saturated carbocycles. The van der Waals surface area contributed by atoms with Gasteiger partial charge < -0.3 is 5.73 Å². The molecule has 0 bridgehead atoms. The Morgan fingerprint density at radius 1 is 1.35 bits per heavy atom. The monoisotopic (exact) mass is 300 g/mol. The molecule has 1 aromatic carbocycles. The number of hydrogen-bond donors (Lipinski definition) is 2. The predicted octanol–water partition coefficient (Wildman–Crippen LogP) is 2.57. The van der Waals surface area contributed by atoms with Gasteiger partial charge in [0, 0.05) is 12.2 Å². The highest BCUT2D eigenvalue weighted by Gasteiger charge is 2.22. The second kappa shape index (κ2) is 6.10. The quantitative estimate of drug-likeness (QED) is 0.821. The van der Waals surface area contributed by atoms with Crippen molar-refractivity contribution in [2.24, 2.45) is 5.92 Å². The Balaban J connectivity index is 2.06. The minimum absolute atomic E-state index is 0.237. The fraction of sp³-hybridized carbons (Fsp3) is 0.571. The Morgan fingerprint density at radius 2 is 2.00 bits per heavy atom. The van der Waals surface area contributed by atoms with Gasteiger partial charge >= 0.3 is 0 Å². The van der Waals surface area contributed by atoms with E-state index in [1.165, 1.54) is 31.9 Å². The van der Waals surface area contributed by atoms with Gasteiger partial charge in [0.1, 0.15) is 10.7 Å². The van der Waals surface area contributed by atoms with E-state index in [0.29, 0.717) is 12.5 Å². The lowest BCUT2D eigenvalue weighted by atomic mass is 10.1. The fourth-order valence-corrected chi connectivity index (χ4v) is 3.96. The van der Waals surface area contributed by atoms with E-state index in [2.05, 4.69) is 4.72 Å². The molecule has 4 nitrogen and oxygen atoms in total. The summed E-state index contributed by atoms with van der Waals surface area (Å²) in [6.45, 7) is 1.85. The van der Waals surface area contributed by atoms with Crippen LogP contribution in [0.4, 0.5) is 10.1 Å². The number of nitrogens with one attached hydrogen (secondary N) is 1. The molecular weight excluding hydrogens is 279 g/mol. The van der Waals surface area contributed by atoms with Crippen molar-refractivity contribution in [3.05, 3.63) is 23.5 Å². The standard InChI is InChI=1S/C14H21FN2O2S/c1-10-8-12(16)9-13(14(10)15)20(18,19)17-7-6-11-4-2-3-5-11/h8-9,11,17H,2-7,16H2,1H3. The zero-order valence-corrected chi connectivity index (χ0v) is 12.5. The van der Waals surface area contributed by atoms with E-state index in [4.69, 9.17) is 5.73 Å². The summed E-state index contributed by atoms with van der Waals surface area (Å²) in [6.07, 6.45) is 5.57. The summed E-state index contributed by atoms with van der Waals surface area (Å²) in [7, 11) is -3.83. The lowest BCUT2D eigenvalue weighted by molar-refractivity contribution is 0.494. The average molecular weight is 300 g/mol. The van der Waals surface area contributed by atoms with Gasteiger partial charge in [-0.05, 0) is 37.0 Å². The van der Waals surface area contributed by atoms with Crippen LogP contribution in [0.2, 0.25) is 0 Å². The maximum absolute atomic E-state index is 13.9. The van der Waals surface area contributed by atoms with Crippen LogP contribution < -0.4 is 10.5 Å². The fourth-order valence-electron chi connectivity index (χ4n) is 2.73. The molecule has 1 aliphatic rings. The third-order valence-electron chi connectivity index (χ3n) is 3.85. The molecule has 0 heterocycles.